The number of para-hydroxylation sites is 1. The van der Waals surface area contributed by atoms with Gasteiger partial charge in [-0.05, 0) is 23.5 Å². The number of nitrogens with zero attached hydrogens (tertiary/aromatic N) is 2. The van der Waals surface area contributed by atoms with Crippen molar-refractivity contribution in [3.05, 3.63) is 34.2 Å². The minimum absolute atomic E-state index is 0.120. The lowest BCUT2D eigenvalue weighted by Gasteiger charge is -2.27. The van der Waals surface area contributed by atoms with Crippen LogP contribution < -0.4 is 11.0 Å². The lowest BCUT2D eigenvalue weighted by molar-refractivity contribution is -0.135. The van der Waals surface area contributed by atoms with Crippen molar-refractivity contribution in [1.82, 2.24) is 14.5 Å². The smallest absolute Gasteiger partial charge is 0.329 e. The highest BCUT2D eigenvalue weighted by atomic mass is 16.5. The van der Waals surface area contributed by atoms with Crippen molar-refractivity contribution in [2.24, 2.45) is 12.5 Å². The molecule has 32 heavy (non-hydrogen) atoms. The number of imide groups is 1. The van der Waals surface area contributed by atoms with Crippen molar-refractivity contribution in [3.8, 4) is 0 Å². The molecule has 1 aromatic heterocycles. The maximum atomic E-state index is 13.1. The first-order valence-corrected chi connectivity index (χ1v) is 11.1. The lowest BCUT2D eigenvalue weighted by Crippen LogP contribution is -2.44. The number of imidazole rings is 1. The molecular weight excluding hydrogens is 410 g/mol. The number of hydrogen-bond acceptors (Lipinski definition) is 5. The number of nitrogens with one attached hydrogen (secondary N) is 1. The van der Waals surface area contributed by atoms with Gasteiger partial charge < -0.3 is 9.47 Å². The highest BCUT2D eigenvalue weighted by Crippen LogP contribution is 2.32. The topological polar surface area (TPSA) is 91.6 Å². The van der Waals surface area contributed by atoms with Crippen LogP contribution in [0.1, 0.15) is 59.1 Å². The van der Waals surface area contributed by atoms with Gasteiger partial charge in [-0.1, -0.05) is 46.8 Å². The molecule has 176 valence electrons. The molecule has 8 heteroatoms. The van der Waals surface area contributed by atoms with Crippen LogP contribution in [0.25, 0.3) is 11.0 Å². The van der Waals surface area contributed by atoms with Crippen LogP contribution >= 0.6 is 0 Å². The Kier molecular flexibility index (Phi) is 6.95. The summed E-state index contributed by atoms with van der Waals surface area (Å²) < 4.78 is 14.7. The van der Waals surface area contributed by atoms with E-state index in [-0.39, 0.29) is 28.8 Å². The zero-order chi connectivity index (χ0) is 23.7. The van der Waals surface area contributed by atoms with Gasteiger partial charge in [-0.25, -0.2) is 4.79 Å². The summed E-state index contributed by atoms with van der Waals surface area (Å²) in [5, 5.41) is 2.35. The Morgan fingerprint density at radius 3 is 2.31 bits per heavy atom. The fourth-order valence-electron chi connectivity index (χ4n) is 4.12. The van der Waals surface area contributed by atoms with E-state index in [9.17, 15) is 14.4 Å². The van der Waals surface area contributed by atoms with Crippen LogP contribution in [0, 0.1) is 5.41 Å². The average Bonchev–Trinajstić information content (AvgIpc) is 2.95. The molecule has 2 heterocycles. The second kappa shape index (κ2) is 9.19. The van der Waals surface area contributed by atoms with Crippen LogP contribution in [0.4, 0.5) is 0 Å². The van der Waals surface area contributed by atoms with E-state index in [2.05, 4.69) is 39.9 Å². The summed E-state index contributed by atoms with van der Waals surface area (Å²) in [4.78, 5) is 37.1. The first-order valence-electron chi connectivity index (χ1n) is 11.1. The van der Waals surface area contributed by atoms with Crippen molar-refractivity contribution in [2.45, 2.75) is 58.9 Å². The Balaban J connectivity index is 1.82. The quantitative estimate of drug-likeness (QED) is 0.498. The van der Waals surface area contributed by atoms with Gasteiger partial charge in [-0.3, -0.25) is 24.0 Å². The van der Waals surface area contributed by atoms with Gasteiger partial charge in [-0.15, -0.1) is 0 Å². The predicted molar refractivity (Wildman–Crippen MR) is 123 cm³/mol. The molecule has 3 rings (SSSR count). The number of aryl methyl sites for hydroxylation is 1. The Morgan fingerprint density at radius 1 is 1.03 bits per heavy atom. The average molecular weight is 446 g/mol. The molecule has 1 aliphatic rings. The Labute approximate surface area is 188 Å². The van der Waals surface area contributed by atoms with E-state index in [1.54, 1.807) is 11.6 Å². The van der Waals surface area contributed by atoms with Crippen LogP contribution in [0.15, 0.2) is 23.0 Å². The first-order chi connectivity index (χ1) is 14.9. The molecule has 0 bridgehead atoms. The van der Waals surface area contributed by atoms with E-state index < -0.39 is 11.9 Å². The van der Waals surface area contributed by atoms with Crippen molar-refractivity contribution >= 4 is 22.8 Å². The van der Waals surface area contributed by atoms with Crippen LogP contribution in [0.2, 0.25) is 0 Å². The molecule has 2 aromatic rings. The molecule has 0 radical (unpaired) electrons. The standard InChI is InChI=1S/C24H35N3O5/c1-23(2,3)14-31-12-13-32-15-24(4,5)16-8-7-9-17-20(16)26(6)22(30)27(17)18-10-11-19(28)25-21(18)29/h7-9,18H,10-15H2,1-6H3,(H,25,28,29). The summed E-state index contributed by atoms with van der Waals surface area (Å²) >= 11 is 0. The Bertz CT molecular complexity index is 1060. The minimum Gasteiger partial charge on any atom is -0.379 e. The molecule has 1 atom stereocenters. The maximum absolute atomic E-state index is 13.1. The number of aromatic nitrogens is 2. The summed E-state index contributed by atoms with van der Waals surface area (Å²) in [6, 6.07) is 5.05. The fourth-order valence-corrected chi connectivity index (χ4v) is 4.12. The molecule has 8 nitrogen and oxygen atoms in total. The fraction of sp³-hybridized carbons (Fsp3) is 0.625. The summed E-state index contributed by atoms with van der Waals surface area (Å²) in [6.07, 6.45) is 0.532. The third-order valence-electron chi connectivity index (χ3n) is 5.72. The molecule has 1 saturated heterocycles. The number of carbonyl (C=O) groups excluding carboxylic acids is 2. The van der Waals surface area contributed by atoms with Crippen LogP contribution in [0.3, 0.4) is 0 Å². The van der Waals surface area contributed by atoms with Gasteiger partial charge in [0.05, 0.1) is 37.5 Å². The molecule has 1 unspecified atom stereocenters. The lowest BCUT2D eigenvalue weighted by atomic mass is 9.84. The number of ether oxygens (including phenoxy) is 2. The molecule has 1 N–H and O–H groups in total. The third kappa shape index (κ3) is 5.13. The second-order valence-electron chi connectivity index (χ2n) is 10.4. The molecule has 1 fully saturated rings. The predicted octanol–water partition coefficient (Wildman–Crippen LogP) is 2.67. The monoisotopic (exact) mass is 445 g/mol. The van der Waals surface area contributed by atoms with E-state index in [1.807, 2.05) is 18.2 Å². The summed E-state index contributed by atoms with van der Waals surface area (Å²) in [5.41, 5.74) is 1.91. The molecular formula is C24H35N3O5. The van der Waals surface area contributed by atoms with Gasteiger partial charge in [0.1, 0.15) is 6.04 Å². The van der Waals surface area contributed by atoms with Crippen molar-refractivity contribution in [3.63, 3.8) is 0 Å². The molecule has 0 saturated carbocycles. The number of piperidine rings is 1. The molecule has 1 aromatic carbocycles. The molecule has 0 aliphatic carbocycles. The first kappa shape index (κ1) is 24.2. The maximum Gasteiger partial charge on any atom is 0.329 e. The normalized spacial score (nSPS) is 17.8. The van der Waals surface area contributed by atoms with E-state index in [0.717, 1.165) is 11.1 Å². The van der Waals surface area contributed by atoms with Gasteiger partial charge in [0.25, 0.3) is 0 Å². The zero-order valence-electron chi connectivity index (χ0n) is 20.0. The minimum atomic E-state index is -0.696. The van der Waals surface area contributed by atoms with Gasteiger partial charge in [0.15, 0.2) is 0 Å². The Hall–Kier alpha value is -2.45. The number of hydrogen-bond donors (Lipinski definition) is 1. The van der Waals surface area contributed by atoms with Crippen molar-refractivity contribution < 1.29 is 19.1 Å². The van der Waals surface area contributed by atoms with E-state index in [4.69, 9.17) is 9.47 Å². The zero-order valence-corrected chi connectivity index (χ0v) is 20.0. The number of benzene rings is 1. The van der Waals surface area contributed by atoms with E-state index >= 15 is 0 Å². The third-order valence-corrected chi connectivity index (χ3v) is 5.72. The number of fused-ring (bicyclic) bond motifs is 1. The van der Waals surface area contributed by atoms with Crippen LogP contribution in [0.5, 0.6) is 0 Å². The summed E-state index contributed by atoms with van der Waals surface area (Å²) in [6.45, 7) is 12.7. The van der Waals surface area contributed by atoms with E-state index in [1.165, 1.54) is 4.57 Å². The summed E-state index contributed by atoms with van der Waals surface area (Å²) in [5.74, 6) is -0.732. The van der Waals surface area contributed by atoms with Crippen molar-refractivity contribution in [1.29, 1.82) is 0 Å². The van der Waals surface area contributed by atoms with Gasteiger partial charge in [0.2, 0.25) is 11.8 Å². The van der Waals surface area contributed by atoms with Crippen LogP contribution in [-0.4, -0.2) is 47.4 Å². The molecule has 2 amide bonds. The van der Waals surface area contributed by atoms with Gasteiger partial charge in [0, 0.05) is 18.9 Å². The molecule has 0 spiro atoms. The highest BCUT2D eigenvalue weighted by Gasteiger charge is 2.33. The Morgan fingerprint density at radius 2 is 1.69 bits per heavy atom. The molecule has 1 aliphatic heterocycles. The van der Waals surface area contributed by atoms with Crippen molar-refractivity contribution in [2.75, 3.05) is 26.4 Å². The number of carbonyl (C=O) groups is 2. The second-order valence-corrected chi connectivity index (χ2v) is 10.4. The van der Waals surface area contributed by atoms with Gasteiger partial charge in [-0.2, -0.15) is 0 Å². The number of amides is 2. The van der Waals surface area contributed by atoms with Crippen LogP contribution in [-0.2, 0) is 31.5 Å². The highest BCUT2D eigenvalue weighted by molar-refractivity contribution is 6.00. The summed E-state index contributed by atoms with van der Waals surface area (Å²) in [7, 11) is 1.72. The van der Waals surface area contributed by atoms with Gasteiger partial charge >= 0.3 is 5.69 Å². The number of rotatable bonds is 8. The largest absolute Gasteiger partial charge is 0.379 e. The van der Waals surface area contributed by atoms with E-state index in [0.29, 0.717) is 38.4 Å². The SMILES string of the molecule is Cn1c(=O)n(C2CCC(=O)NC2=O)c2cccc(C(C)(C)COCCOCC(C)(C)C)c21.